The number of hydrogen-bond donors (Lipinski definition) is 2. The summed E-state index contributed by atoms with van der Waals surface area (Å²) < 4.78 is 13.6. The highest BCUT2D eigenvalue weighted by Crippen LogP contribution is 2.16. The summed E-state index contributed by atoms with van der Waals surface area (Å²) in [6.07, 6.45) is 1.60. The average Bonchev–Trinajstić information content (AvgIpc) is 3.05. The lowest BCUT2D eigenvalue weighted by Crippen LogP contribution is -2.37. The quantitative estimate of drug-likeness (QED) is 0.727. The van der Waals surface area contributed by atoms with Crippen molar-refractivity contribution in [2.24, 2.45) is 0 Å². The van der Waals surface area contributed by atoms with Gasteiger partial charge in [-0.3, -0.25) is 0 Å². The Morgan fingerprint density at radius 1 is 1.17 bits per heavy atom. The molecule has 6 heteroatoms. The van der Waals surface area contributed by atoms with E-state index in [1.807, 2.05) is 29.5 Å². The van der Waals surface area contributed by atoms with Crippen LogP contribution in [0.4, 0.5) is 14.9 Å². The molecule has 0 aliphatic carbocycles. The van der Waals surface area contributed by atoms with Gasteiger partial charge in [0, 0.05) is 31.6 Å². The molecule has 2 amide bonds. The minimum atomic E-state index is -0.228. The van der Waals surface area contributed by atoms with Crippen LogP contribution in [0.2, 0.25) is 0 Å². The fourth-order valence-corrected chi connectivity index (χ4v) is 2.93. The number of nitrogens with one attached hydrogen (secondary N) is 2. The molecule has 0 atom stereocenters. The fraction of sp³-hybridized carbons (Fsp3) is 0.353. The lowest BCUT2D eigenvalue weighted by molar-refractivity contribution is 0.241. The molecule has 1 aromatic heterocycles. The molecule has 0 radical (unpaired) electrons. The summed E-state index contributed by atoms with van der Waals surface area (Å²) in [6.45, 7) is 1.86. The topological polar surface area (TPSA) is 44.4 Å². The van der Waals surface area contributed by atoms with E-state index in [0.29, 0.717) is 25.3 Å². The molecule has 0 saturated carbocycles. The summed E-state index contributed by atoms with van der Waals surface area (Å²) in [6, 6.07) is 10.6. The number of nitrogens with zero attached hydrogens (tertiary/aromatic N) is 1. The van der Waals surface area contributed by atoms with E-state index in [1.54, 1.807) is 23.5 Å². The Bertz CT molecular complexity index is 604. The van der Waals surface area contributed by atoms with Crippen LogP contribution >= 0.6 is 11.3 Å². The van der Waals surface area contributed by atoms with E-state index in [9.17, 15) is 9.18 Å². The Balaban J connectivity index is 1.57. The minimum absolute atomic E-state index is 0.157. The summed E-state index contributed by atoms with van der Waals surface area (Å²) in [5, 5.41) is 7.68. The van der Waals surface area contributed by atoms with Gasteiger partial charge >= 0.3 is 6.03 Å². The number of amides is 2. The molecule has 4 nitrogen and oxygen atoms in total. The number of rotatable bonds is 8. The maximum Gasteiger partial charge on any atom is 0.314 e. The van der Waals surface area contributed by atoms with Crippen LogP contribution in [0.1, 0.15) is 11.3 Å². The van der Waals surface area contributed by atoms with Crippen LogP contribution in [0, 0.1) is 5.82 Å². The Labute approximate surface area is 140 Å². The Morgan fingerprint density at radius 3 is 2.70 bits per heavy atom. The van der Waals surface area contributed by atoms with E-state index >= 15 is 0 Å². The van der Waals surface area contributed by atoms with Crippen molar-refractivity contribution in [3.05, 3.63) is 52.5 Å². The predicted molar refractivity (Wildman–Crippen MR) is 93.7 cm³/mol. The normalized spacial score (nSPS) is 10.3. The summed E-state index contributed by atoms with van der Waals surface area (Å²) in [5.41, 5.74) is 0.577. The zero-order chi connectivity index (χ0) is 16.5. The number of para-hydroxylation sites is 1. The van der Waals surface area contributed by atoms with Crippen molar-refractivity contribution in [1.82, 2.24) is 10.6 Å². The van der Waals surface area contributed by atoms with Gasteiger partial charge < -0.3 is 15.5 Å². The van der Waals surface area contributed by atoms with Gasteiger partial charge in [0.25, 0.3) is 0 Å². The second kappa shape index (κ2) is 9.15. The molecule has 0 aliphatic heterocycles. The molecule has 0 bridgehead atoms. The van der Waals surface area contributed by atoms with Crippen LogP contribution in [0.15, 0.2) is 41.8 Å². The molecule has 0 saturated heterocycles. The van der Waals surface area contributed by atoms with Crippen molar-refractivity contribution in [2.75, 3.05) is 31.6 Å². The molecule has 0 spiro atoms. The molecule has 2 N–H and O–H groups in total. The van der Waals surface area contributed by atoms with Crippen LogP contribution in [0.5, 0.6) is 0 Å². The van der Waals surface area contributed by atoms with Gasteiger partial charge in [-0.15, -0.1) is 11.3 Å². The zero-order valence-electron chi connectivity index (χ0n) is 13.2. The van der Waals surface area contributed by atoms with Crippen molar-refractivity contribution < 1.29 is 9.18 Å². The SMILES string of the molecule is CN(CCCNC(=O)NCCc1cccs1)c1ccccc1F. The number of anilines is 1. The maximum atomic E-state index is 13.6. The molecule has 0 fully saturated rings. The zero-order valence-corrected chi connectivity index (χ0v) is 14.0. The Kier molecular flexibility index (Phi) is 6.87. The molecule has 1 aromatic carbocycles. The van der Waals surface area contributed by atoms with E-state index in [-0.39, 0.29) is 11.8 Å². The lowest BCUT2D eigenvalue weighted by atomic mass is 10.2. The number of benzene rings is 1. The van der Waals surface area contributed by atoms with E-state index in [0.717, 1.165) is 12.8 Å². The largest absolute Gasteiger partial charge is 0.372 e. The van der Waals surface area contributed by atoms with Crippen molar-refractivity contribution in [3.8, 4) is 0 Å². The number of thiophene rings is 1. The molecular weight excluding hydrogens is 313 g/mol. The van der Waals surface area contributed by atoms with Crippen LogP contribution in [0.3, 0.4) is 0 Å². The molecule has 0 unspecified atom stereocenters. The van der Waals surface area contributed by atoms with Gasteiger partial charge in [0.2, 0.25) is 0 Å². The predicted octanol–water partition coefficient (Wildman–Crippen LogP) is 3.26. The Hall–Kier alpha value is -2.08. The summed E-state index contributed by atoms with van der Waals surface area (Å²) in [7, 11) is 1.85. The van der Waals surface area contributed by atoms with Gasteiger partial charge in [-0.05, 0) is 36.4 Å². The smallest absolute Gasteiger partial charge is 0.314 e. The minimum Gasteiger partial charge on any atom is -0.372 e. The number of hydrogen-bond acceptors (Lipinski definition) is 3. The van der Waals surface area contributed by atoms with Crippen LogP contribution < -0.4 is 15.5 Å². The summed E-state index contributed by atoms with van der Waals surface area (Å²) >= 11 is 1.69. The van der Waals surface area contributed by atoms with E-state index in [2.05, 4.69) is 16.7 Å². The lowest BCUT2D eigenvalue weighted by Gasteiger charge is -2.19. The van der Waals surface area contributed by atoms with E-state index in [1.165, 1.54) is 10.9 Å². The van der Waals surface area contributed by atoms with E-state index in [4.69, 9.17) is 0 Å². The van der Waals surface area contributed by atoms with E-state index < -0.39 is 0 Å². The second-order valence-electron chi connectivity index (χ2n) is 5.24. The van der Waals surface area contributed by atoms with Crippen molar-refractivity contribution >= 4 is 23.1 Å². The molecule has 2 aromatic rings. The van der Waals surface area contributed by atoms with Crippen molar-refractivity contribution in [1.29, 1.82) is 0 Å². The van der Waals surface area contributed by atoms with Gasteiger partial charge in [0.1, 0.15) is 5.82 Å². The first kappa shape index (κ1) is 17.3. The molecule has 23 heavy (non-hydrogen) atoms. The molecule has 0 aliphatic rings. The van der Waals surface area contributed by atoms with Gasteiger partial charge in [0.15, 0.2) is 0 Å². The number of carbonyl (C=O) groups excluding carboxylic acids is 1. The number of halogens is 1. The first-order chi connectivity index (χ1) is 11.2. The maximum absolute atomic E-state index is 13.6. The summed E-state index contributed by atoms with van der Waals surface area (Å²) in [4.78, 5) is 14.8. The van der Waals surface area contributed by atoms with Crippen LogP contribution in [-0.4, -0.2) is 32.7 Å². The van der Waals surface area contributed by atoms with Gasteiger partial charge in [0.05, 0.1) is 5.69 Å². The van der Waals surface area contributed by atoms with Gasteiger partial charge in [-0.25, -0.2) is 9.18 Å². The third kappa shape index (κ3) is 5.90. The molecule has 124 valence electrons. The molecular formula is C17H22FN3OS. The monoisotopic (exact) mass is 335 g/mol. The third-order valence-corrected chi connectivity index (χ3v) is 4.39. The highest BCUT2D eigenvalue weighted by Gasteiger charge is 2.06. The Morgan fingerprint density at radius 2 is 1.96 bits per heavy atom. The standard InChI is InChI=1S/C17H22FN3OS/c1-21(16-8-3-2-7-15(16)18)12-5-10-19-17(22)20-11-9-14-6-4-13-23-14/h2-4,6-8,13H,5,9-12H2,1H3,(H2,19,20,22). The van der Waals surface area contributed by atoms with Crippen LogP contribution in [-0.2, 0) is 6.42 Å². The third-order valence-electron chi connectivity index (χ3n) is 3.46. The highest BCUT2D eigenvalue weighted by molar-refractivity contribution is 7.09. The first-order valence-corrected chi connectivity index (χ1v) is 8.54. The average molecular weight is 335 g/mol. The second-order valence-corrected chi connectivity index (χ2v) is 6.27. The highest BCUT2D eigenvalue weighted by atomic mass is 32.1. The van der Waals surface area contributed by atoms with Gasteiger partial charge in [-0.2, -0.15) is 0 Å². The first-order valence-electron chi connectivity index (χ1n) is 7.66. The number of carbonyl (C=O) groups is 1. The fourth-order valence-electron chi connectivity index (χ4n) is 2.22. The van der Waals surface area contributed by atoms with Crippen LogP contribution in [0.25, 0.3) is 0 Å². The van der Waals surface area contributed by atoms with Crippen molar-refractivity contribution in [2.45, 2.75) is 12.8 Å². The molecule has 2 rings (SSSR count). The van der Waals surface area contributed by atoms with Crippen molar-refractivity contribution in [3.63, 3.8) is 0 Å². The number of urea groups is 1. The molecule has 1 heterocycles. The van der Waals surface area contributed by atoms with Gasteiger partial charge in [-0.1, -0.05) is 18.2 Å². The summed E-state index contributed by atoms with van der Waals surface area (Å²) in [5.74, 6) is -0.228.